The topological polar surface area (TPSA) is 42.7 Å². The molecule has 0 spiro atoms. The number of fused-ring (bicyclic) bond motifs is 3. The largest absolute Gasteiger partial charge is 0.478 e. The summed E-state index contributed by atoms with van der Waals surface area (Å²) in [6, 6.07) is 17.2. The van der Waals surface area contributed by atoms with Crippen molar-refractivity contribution < 1.29 is 9.15 Å². The molecule has 0 saturated carbocycles. The van der Waals surface area contributed by atoms with Crippen LogP contribution in [0, 0.1) is 0 Å². The standard InChI is InChI=1S/C23H18ClNO3S/c24-17-6-3-15(4-7-17)19-12-16-5-8-21-20(22(16)28-23(19)26)13-25(14-27-21)10-9-18-2-1-11-29-18/h1-8,11-12H,9-10,13-14H2. The van der Waals surface area contributed by atoms with E-state index in [-0.39, 0.29) is 5.63 Å². The molecule has 5 rings (SSSR count). The van der Waals surface area contributed by atoms with E-state index in [0.717, 1.165) is 35.2 Å². The average Bonchev–Trinajstić information content (AvgIpc) is 3.26. The number of ether oxygens (including phenoxy) is 1. The van der Waals surface area contributed by atoms with Crippen LogP contribution in [0.2, 0.25) is 5.02 Å². The van der Waals surface area contributed by atoms with Crippen LogP contribution in [0.3, 0.4) is 0 Å². The summed E-state index contributed by atoms with van der Waals surface area (Å²) in [7, 11) is 0. The van der Waals surface area contributed by atoms with Gasteiger partial charge in [0.15, 0.2) is 0 Å². The number of hydrogen-bond donors (Lipinski definition) is 0. The Labute approximate surface area is 176 Å². The van der Waals surface area contributed by atoms with Crippen molar-refractivity contribution in [3.8, 4) is 16.9 Å². The Kier molecular flexibility index (Phi) is 4.87. The molecule has 4 nitrogen and oxygen atoms in total. The lowest BCUT2D eigenvalue weighted by Crippen LogP contribution is -2.33. The molecule has 0 aliphatic carbocycles. The van der Waals surface area contributed by atoms with Crippen molar-refractivity contribution in [1.82, 2.24) is 4.90 Å². The van der Waals surface area contributed by atoms with E-state index >= 15 is 0 Å². The summed E-state index contributed by atoms with van der Waals surface area (Å²) in [4.78, 5) is 16.3. The molecule has 2 aromatic carbocycles. The zero-order valence-corrected chi connectivity index (χ0v) is 17.1. The maximum absolute atomic E-state index is 12.7. The van der Waals surface area contributed by atoms with Gasteiger partial charge in [-0.1, -0.05) is 29.8 Å². The molecule has 146 valence electrons. The Bertz CT molecular complexity index is 1220. The van der Waals surface area contributed by atoms with Gasteiger partial charge >= 0.3 is 5.63 Å². The van der Waals surface area contributed by atoms with Crippen molar-refractivity contribution in [1.29, 1.82) is 0 Å². The van der Waals surface area contributed by atoms with Gasteiger partial charge in [-0.25, -0.2) is 4.79 Å². The molecule has 0 saturated heterocycles. The molecule has 3 heterocycles. The van der Waals surface area contributed by atoms with E-state index < -0.39 is 0 Å². The molecule has 0 atom stereocenters. The van der Waals surface area contributed by atoms with Crippen LogP contribution in [0.25, 0.3) is 22.1 Å². The zero-order valence-electron chi connectivity index (χ0n) is 15.6. The Morgan fingerprint density at radius 1 is 1.10 bits per heavy atom. The van der Waals surface area contributed by atoms with Crippen LogP contribution in [-0.2, 0) is 13.0 Å². The lowest BCUT2D eigenvalue weighted by atomic mass is 10.0. The molecule has 1 aliphatic rings. The average molecular weight is 424 g/mol. The highest BCUT2D eigenvalue weighted by molar-refractivity contribution is 7.09. The van der Waals surface area contributed by atoms with E-state index in [2.05, 4.69) is 22.4 Å². The summed E-state index contributed by atoms with van der Waals surface area (Å²) in [5.41, 5.74) is 2.49. The molecule has 0 radical (unpaired) electrons. The molecule has 0 unspecified atom stereocenters. The molecule has 29 heavy (non-hydrogen) atoms. The molecule has 0 N–H and O–H groups in total. The second kappa shape index (κ2) is 7.67. The predicted octanol–water partition coefficient (Wildman–Crippen LogP) is 5.57. The van der Waals surface area contributed by atoms with Gasteiger partial charge in [0.2, 0.25) is 0 Å². The minimum absolute atomic E-state index is 0.357. The van der Waals surface area contributed by atoms with Crippen LogP contribution >= 0.6 is 22.9 Å². The highest BCUT2D eigenvalue weighted by Crippen LogP contribution is 2.33. The first kappa shape index (κ1) is 18.4. The molecule has 0 amide bonds. The second-order valence-corrected chi connectivity index (χ2v) is 8.54. The molecule has 2 aromatic heterocycles. The minimum atomic E-state index is -0.357. The molecule has 0 bridgehead atoms. The Hall–Kier alpha value is -2.60. The molecule has 1 aliphatic heterocycles. The van der Waals surface area contributed by atoms with Crippen LogP contribution in [0.4, 0.5) is 0 Å². The summed E-state index contributed by atoms with van der Waals surface area (Å²) in [6.07, 6.45) is 0.978. The lowest BCUT2D eigenvalue weighted by molar-refractivity contribution is 0.0970. The number of thiophene rings is 1. The van der Waals surface area contributed by atoms with Crippen molar-refractivity contribution in [2.24, 2.45) is 0 Å². The van der Waals surface area contributed by atoms with Gasteiger partial charge in [-0.15, -0.1) is 11.3 Å². The van der Waals surface area contributed by atoms with Crippen molar-refractivity contribution in [3.63, 3.8) is 0 Å². The van der Waals surface area contributed by atoms with Crippen molar-refractivity contribution >= 4 is 33.9 Å². The van der Waals surface area contributed by atoms with Crippen LogP contribution in [0.1, 0.15) is 10.4 Å². The van der Waals surface area contributed by atoms with E-state index in [0.29, 0.717) is 29.4 Å². The van der Waals surface area contributed by atoms with Gasteiger partial charge in [0.1, 0.15) is 18.1 Å². The maximum atomic E-state index is 12.7. The van der Waals surface area contributed by atoms with Gasteiger partial charge in [0, 0.05) is 28.4 Å². The van der Waals surface area contributed by atoms with E-state index in [1.807, 2.05) is 30.3 Å². The molecular weight excluding hydrogens is 406 g/mol. The fourth-order valence-electron chi connectivity index (χ4n) is 3.64. The smallest absolute Gasteiger partial charge is 0.344 e. The summed E-state index contributed by atoms with van der Waals surface area (Å²) < 4.78 is 11.7. The van der Waals surface area contributed by atoms with Gasteiger partial charge in [-0.2, -0.15) is 0 Å². The van der Waals surface area contributed by atoms with E-state index in [1.54, 1.807) is 23.5 Å². The molecular formula is C23H18ClNO3S. The fraction of sp³-hybridized carbons (Fsp3) is 0.174. The van der Waals surface area contributed by atoms with Crippen molar-refractivity contribution in [2.45, 2.75) is 13.0 Å². The van der Waals surface area contributed by atoms with Gasteiger partial charge in [0.25, 0.3) is 0 Å². The Morgan fingerprint density at radius 3 is 2.76 bits per heavy atom. The number of rotatable bonds is 4. The highest BCUT2D eigenvalue weighted by atomic mass is 35.5. The van der Waals surface area contributed by atoms with Crippen molar-refractivity contribution in [2.75, 3.05) is 13.3 Å². The first-order valence-electron chi connectivity index (χ1n) is 9.40. The van der Waals surface area contributed by atoms with Crippen LogP contribution in [0.5, 0.6) is 5.75 Å². The molecule has 6 heteroatoms. The van der Waals surface area contributed by atoms with Crippen LogP contribution in [-0.4, -0.2) is 18.2 Å². The second-order valence-electron chi connectivity index (χ2n) is 7.07. The third kappa shape index (κ3) is 3.69. The Balaban J connectivity index is 1.48. The number of nitrogens with zero attached hydrogens (tertiary/aromatic N) is 1. The van der Waals surface area contributed by atoms with E-state index in [4.69, 9.17) is 20.8 Å². The van der Waals surface area contributed by atoms with Gasteiger partial charge in [-0.05, 0) is 53.8 Å². The van der Waals surface area contributed by atoms with Gasteiger partial charge in [-0.3, -0.25) is 4.90 Å². The van der Waals surface area contributed by atoms with Crippen molar-refractivity contribution in [3.05, 3.63) is 85.9 Å². The third-order valence-electron chi connectivity index (χ3n) is 5.16. The quantitative estimate of drug-likeness (QED) is 0.402. The number of hydrogen-bond acceptors (Lipinski definition) is 5. The first-order chi connectivity index (χ1) is 14.2. The minimum Gasteiger partial charge on any atom is -0.478 e. The summed E-state index contributed by atoms with van der Waals surface area (Å²) in [6.45, 7) is 2.13. The summed E-state index contributed by atoms with van der Waals surface area (Å²) in [5, 5.41) is 3.61. The molecule has 0 fully saturated rings. The molecule has 4 aromatic rings. The summed E-state index contributed by atoms with van der Waals surface area (Å²) in [5.74, 6) is 0.785. The zero-order chi connectivity index (χ0) is 19.8. The SMILES string of the molecule is O=c1oc2c3c(ccc2cc1-c1ccc(Cl)cc1)OCN(CCc1cccs1)C3. The van der Waals surface area contributed by atoms with Crippen LogP contribution < -0.4 is 10.4 Å². The fourth-order valence-corrected chi connectivity index (χ4v) is 4.46. The number of halogens is 1. The monoisotopic (exact) mass is 423 g/mol. The predicted molar refractivity (Wildman–Crippen MR) is 117 cm³/mol. The maximum Gasteiger partial charge on any atom is 0.344 e. The Morgan fingerprint density at radius 2 is 1.97 bits per heavy atom. The van der Waals surface area contributed by atoms with Gasteiger partial charge in [0.05, 0.1) is 11.1 Å². The number of benzene rings is 2. The van der Waals surface area contributed by atoms with E-state index in [9.17, 15) is 4.79 Å². The third-order valence-corrected chi connectivity index (χ3v) is 6.34. The van der Waals surface area contributed by atoms with Gasteiger partial charge < -0.3 is 9.15 Å². The summed E-state index contributed by atoms with van der Waals surface area (Å²) >= 11 is 7.73. The van der Waals surface area contributed by atoms with Crippen LogP contribution in [0.15, 0.2) is 69.2 Å². The first-order valence-corrected chi connectivity index (χ1v) is 10.7. The normalized spacial score (nSPS) is 14.0. The highest BCUT2D eigenvalue weighted by Gasteiger charge is 2.22. The lowest BCUT2D eigenvalue weighted by Gasteiger charge is -2.29. The van der Waals surface area contributed by atoms with E-state index in [1.165, 1.54) is 4.88 Å².